The number of benzene rings is 2. The zero-order valence-corrected chi connectivity index (χ0v) is 15.5. The number of hydrogen-bond acceptors (Lipinski definition) is 3. The molecule has 0 spiro atoms. The van der Waals surface area contributed by atoms with Crippen molar-refractivity contribution in [3.8, 4) is 0 Å². The molecule has 5 nitrogen and oxygen atoms in total. The molecule has 1 unspecified atom stereocenters. The van der Waals surface area contributed by atoms with Crippen LogP contribution in [0.1, 0.15) is 29.7 Å². The molecule has 0 aliphatic carbocycles. The van der Waals surface area contributed by atoms with E-state index < -0.39 is 10.0 Å². The van der Waals surface area contributed by atoms with Gasteiger partial charge in [0.05, 0.1) is 10.9 Å². The molecule has 7 heteroatoms. The molecule has 0 aliphatic heterocycles. The monoisotopic (exact) mass is 363 g/mol. The lowest BCUT2D eigenvalue weighted by Gasteiger charge is -2.18. The van der Waals surface area contributed by atoms with Crippen molar-refractivity contribution in [3.63, 3.8) is 0 Å². The third kappa shape index (κ3) is 4.77. The van der Waals surface area contributed by atoms with Crippen LogP contribution >= 0.6 is 12.2 Å². The maximum atomic E-state index is 11.3. The second-order valence-corrected chi connectivity index (χ2v) is 7.70. The highest BCUT2D eigenvalue weighted by molar-refractivity contribution is 7.89. The molecular formula is C17H21N3O2S2. The van der Waals surface area contributed by atoms with Gasteiger partial charge in [-0.2, -0.15) is 0 Å². The molecule has 2 aromatic carbocycles. The minimum atomic E-state index is -3.68. The Morgan fingerprint density at radius 1 is 1.08 bits per heavy atom. The Bertz CT molecular complexity index is 847. The zero-order valence-electron chi connectivity index (χ0n) is 13.8. The fourth-order valence-corrected chi connectivity index (χ4v) is 3.02. The van der Waals surface area contributed by atoms with Crippen LogP contribution in [-0.4, -0.2) is 13.5 Å². The largest absolute Gasteiger partial charge is 0.356 e. The van der Waals surface area contributed by atoms with Crippen LogP contribution in [0.25, 0.3) is 0 Å². The Labute approximate surface area is 148 Å². The van der Waals surface area contributed by atoms with E-state index in [0.29, 0.717) is 5.11 Å². The van der Waals surface area contributed by atoms with Gasteiger partial charge in [-0.05, 0) is 73.9 Å². The molecular weight excluding hydrogens is 342 g/mol. The molecule has 128 valence electrons. The van der Waals surface area contributed by atoms with Gasteiger partial charge in [0.2, 0.25) is 10.0 Å². The van der Waals surface area contributed by atoms with Crippen LogP contribution < -0.4 is 15.8 Å². The Hall–Kier alpha value is -1.96. The fraction of sp³-hybridized carbons (Fsp3) is 0.235. The van der Waals surface area contributed by atoms with E-state index in [-0.39, 0.29) is 10.9 Å². The van der Waals surface area contributed by atoms with Crippen molar-refractivity contribution in [2.75, 3.05) is 5.32 Å². The minimum absolute atomic E-state index is 0.0777. The molecule has 0 fully saturated rings. The van der Waals surface area contributed by atoms with Crippen LogP contribution in [0.15, 0.2) is 47.4 Å². The number of sulfonamides is 1. The first-order chi connectivity index (χ1) is 11.2. The summed E-state index contributed by atoms with van der Waals surface area (Å²) in [6.07, 6.45) is 0. The average Bonchev–Trinajstić information content (AvgIpc) is 2.50. The normalized spacial score (nSPS) is 12.5. The number of nitrogens with two attached hydrogens (primary N) is 1. The van der Waals surface area contributed by atoms with Gasteiger partial charge in [0.1, 0.15) is 0 Å². The lowest BCUT2D eigenvalue weighted by Crippen LogP contribution is -2.31. The van der Waals surface area contributed by atoms with Crippen molar-refractivity contribution in [1.29, 1.82) is 0 Å². The molecule has 0 aliphatic rings. The van der Waals surface area contributed by atoms with Gasteiger partial charge in [-0.1, -0.05) is 18.2 Å². The van der Waals surface area contributed by atoms with E-state index in [2.05, 4.69) is 17.6 Å². The summed E-state index contributed by atoms with van der Waals surface area (Å²) in [5, 5.41) is 11.9. The molecule has 2 aromatic rings. The van der Waals surface area contributed by atoms with Gasteiger partial charge in [0.25, 0.3) is 0 Å². The second kappa shape index (κ2) is 7.29. The number of hydrogen-bond donors (Lipinski definition) is 3. The van der Waals surface area contributed by atoms with Gasteiger partial charge in [0, 0.05) is 5.69 Å². The zero-order chi connectivity index (χ0) is 17.9. The third-order valence-corrected chi connectivity index (χ3v) is 4.97. The third-order valence-electron chi connectivity index (χ3n) is 3.82. The summed E-state index contributed by atoms with van der Waals surface area (Å²) in [6.45, 7) is 6.05. The van der Waals surface area contributed by atoms with Crippen molar-refractivity contribution in [1.82, 2.24) is 5.32 Å². The van der Waals surface area contributed by atoms with E-state index >= 15 is 0 Å². The number of rotatable bonds is 4. The van der Waals surface area contributed by atoms with Gasteiger partial charge >= 0.3 is 0 Å². The molecule has 0 radical (unpaired) electrons. The minimum Gasteiger partial charge on any atom is -0.356 e. The Morgan fingerprint density at radius 2 is 1.71 bits per heavy atom. The summed E-state index contributed by atoms with van der Waals surface area (Å²) < 4.78 is 22.6. The number of thiocarbonyl (C=S) groups is 1. The Balaban J connectivity index is 2.01. The Kier molecular flexibility index (Phi) is 5.58. The highest BCUT2D eigenvalue weighted by Gasteiger charge is 2.11. The maximum Gasteiger partial charge on any atom is 0.238 e. The number of aryl methyl sites for hydroxylation is 2. The van der Waals surface area contributed by atoms with Crippen molar-refractivity contribution in [2.24, 2.45) is 5.14 Å². The van der Waals surface area contributed by atoms with Crippen LogP contribution in [0, 0.1) is 13.8 Å². The molecule has 2 rings (SSSR count). The standard InChI is InChI=1S/C17H21N3O2S2/c1-11-4-7-15(10-12(11)2)20-17(23)19-13(3)14-5-8-16(9-6-14)24(18,21)22/h4-10,13H,1-3H3,(H2,18,21,22)(H2,19,20,23). The fourth-order valence-electron chi connectivity index (χ4n) is 2.21. The predicted octanol–water partition coefficient (Wildman–Crippen LogP) is 3.00. The van der Waals surface area contributed by atoms with Gasteiger partial charge < -0.3 is 10.6 Å². The lowest BCUT2D eigenvalue weighted by atomic mass is 10.1. The van der Waals surface area contributed by atoms with Crippen molar-refractivity contribution in [3.05, 3.63) is 59.2 Å². The van der Waals surface area contributed by atoms with Crippen LogP contribution in [0.3, 0.4) is 0 Å². The Morgan fingerprint density at radius 3 is 2.25 bits per heavy atom. The molecule has 0 aromatic heterocycles. The van der Waals surface area contributed by atoms with Gasteiger partial charge in [0.15, 0.2) is 5.11 Å². The summed E-state index contributed by atoms with van der Waals surface area (Å²) in [4.78, 5) is 0.0919. The molecule has 4 N–H and O–H groups in total. The summed E-state index contributed by atoms with van der Waals surface area (Å²) in [5.74, 6) is 0. The maximum absolute atomic E-state index is 11.3. The summed E-state index contributed by atoms with van der Waals surface area (Å²) in [6, 6.07) is 12.4. The van der Waals surface area contributed by atoms with Crippen LogP contribution in [0.5, 0.6) is 0 Å². The number of primary sulfonamides is 1. The molecule has 0 amide bonds. The van der Waals surface area contributed by atoms with E-state index in [1.54, 1.807) is 12.1 Å². The highest BCUT2D eigenvalue weighted by Crippen LogP contribution is 2.17. The molecule has 0 saturated carbocycles. The predicted molar refractivity (Wildman–Crippen MR) is 102 cm³/mol. The van der Waals surface area contributed by atoms with E-state index in [4.69, 9.17) is 17.4 Å². The number of nitrogens with one attached hydrogen (secondary N) is 2. The first kappa shape index (κ1) is 18.4. The molecule has 24 heavy (non-hydrogen) atoms. The SMILES string of the molecule is Cc1ccc(NC(=S)NC(C)c2ccc(S(N)(=O)=O)cc2)cc1C. The van der Waals surface area contributed by atoms with Crippen molar-refractivity contribution < 1.29 is 8.42 Å². The first-order valence-electron chi connectivity index (χ1n) is 7.44. The van der Waals surface area contributed by atoms with E-state index in [9.17, 15) is 8.42 Å². The van der Waals surface area contributed by atoms with Crippen LogP contribution in [-0.2, 0) is 10.0 Å². The van der Waals surface area contributed by atoms with E-state index in [1.165, 1.54) is 23.3 Å². The smallest absolute Gasteiger partial charge is 0.238 e. The van der Waals surface area contributed by atoms with Gasteiger partial charge in [-0.3, -0.25) is 0 Å². The molecule has 0 heterocycles. The number of anilines is 1. The van der Waals surface area contributed by atoms with E-state index in [1.807, 2.05) is 32.0 Å². The van der Waals surface area contributed by atoms with E-state index in [0.717, 1.165) is 11.3 Å². The average molecular weight is 364 g/mol. The van der Waals surface area contributed by atoms with Gasteiger partial charge in [-0.15, -0.1) is 0 Å². The first-order valence-corrected chi connectivity index (χ1v) is 9.40. The molecule has 1 atom stereocenters. The lowest BCUT2D eigenvalue weighted by molar-refractivity contribution is 0.597. The van der Waals surface area contributed by atoms with Crippen molar-refractivity contribution >= 4 is 33.0 Å². The summed E-state index contributed by atoms with van der Waals surface area (Å²) in [7, 11) is -3.68. The second-order valence-electron chi connectivity index (χ2n) is 5.73. The quantitative estimate of drug-likeness (QED) is 0.727. The highest BCUT2D eigenvalue weighted by atomic mass is 32.2. The van der Waals surface area contributed by atoms with Crippen molar-refractivity contribution in [2.45, 2.75) is 31.7 Å². The van der Waals surface area contributed by atoms with Crippen LogP contribution in [0.2, 0.25) is 0 Å². The summed E-state index contributed by atoms with van der Waals surface area (Å²) >= 11 is 5.34. The molecule has 0 saturated heterocycles. The summed E-state index contributed by atoms with van der Waals surface area (Å²) in [5.41, 5.74) is 4.25. The molecule has 0 bridgehead atoms. The topological polar surface area (TPSA) is 84.2 Å². The van der Waals surface area contributed by atoms with Crippen LogP contribution in [0.4, 0.5) is 5.69 Å². The van der Waals surface area contributed by atoms with Gasteiger partial charge in [-0.25, -0.2) is 13.6 Å².